The average Bonchev–Trinajstić information content (AvgIpc) is 1.65. The molecule has 0 bridgehead atoms. The Morgan fingerprint density at radius 2 is 1.09 bits per heavy atom. The quantitative estimate of drug-likeness (QED) is 0.0246. The molecule has 6 fully saturated rings. The van der Waals surface area contributed by atoms with Crippen molar-refractivity contribution in [2.24, 2.45) is 17.6 Å². The molecule has 3 unspecified atom stereocenters. The van der Waals surface area contributed by atoms with E-state index in [9.17, 15) is 31.5 Å². The summed E-state index contributed by atoms with van der Waals surface area (Å²) in [4.78, 5) is 45.5. The summed E-state index contributed by atoms with van der Waals surface area (Å²) in [5.41, 5.74) is 10.5. The first-order valence-corrected chi connectivity index (χ1v) is 37.3. The molecule has 11 rings (SSSR count). The maximum atomic E-state index is 12.9. The van der Waals surface area contributed by atoms with E-state index in [0.29, 0.717) is 60.6 Å². The Bertz CT molecular complexity index is 3630. The fourth-order valence-corrected chi connectivity index (χ4v) is 12.5. The maximum absolute atomic E-state index is 12.9. The maximum Gasteiger partial charge on any atom is 0.495 e. The van der Waals surface area contributed by atoms with Gasteiger partial charge in [0.25, 0.3) is 0 Å². The minimum Gasteiger partial charge on any atom is -0.399 e. The van der Waals surface area contributed by atoms with E-state index in [4.69, 9.17) is 50.0 Å². The number of hydrogen-bond donors (Lipinski definition) is 6. The van der Waals surface area contributed by atoms with Crippen LogP contribution in [0.1, 0.15) is 111 Å². The summed E-state index contributed by atoms with van der Waals surface area (Å²) in [6, 6.07) is 28.0. The molecule has 5 aromatic rings. The van der Waals surface area contributed by atoms with Gasteiger partial charge in [-0.1, -0.05) is 31.0 Å². The van der Waals surface area contributed by atoms with Gasteiger partial charge >= 0.3 is 25.4 Å². The summed E-state index contributed by atoms with van der Waals surface area (Å²) in [5.74, 6) is 1.92. The van der Waals surface area contributed by atoms with Gasteiger partial charge in [0.2, 0.25) is 11.9 Å². The summed E-state index contributed by atoms with van der Waals surface area (Å²) >= 11 is 4.10. The Morgan fingerprint density at radius 1 is 0.645 bits per heavy atom. The number of likely N-dealkylation sites (tertiary alicyclic amines) is 2. The molecule has 34 heteroatoms. The van der Waals surface area contributed by atoms with E-state index in [1.165, 1.54) is 4.90 Å². The lowest BCUT2D eigenvalue weighted by Gasteiger charge is -2.32. The van der Waals surface area contributed by atoms with Crippen LogP contribution in [0.3, 0.4) is 0 Å². The van der Waals surface area contributed by atoms with Crippen LogP contribution in [0.4, 0.5) is 66.2 Å². The van der Waals surface area contributed by atoms with Gasteiger partial charge in [0.1, 0.15) is 23.3 Å². The molecule has 7 N–H and O–H groups in total. The van der Waals surface area contributed by atoms with Crippen molar-refractivity contribution in [3.8, 4) is 29.3 Å². The van der Waals surface area contributed by atoms with Crippen LogP contribution < -0.4 is 47.6 Å². The summed E-state index contributed by atoms with van der Waals surface area (Å²) in [5, 5.41) is 41.4. The molecule has 0 radical (unpaired) electrons. The number of amides is 4. The third kappa shape index (κ3) is 32.8. The normalized spacial score (nSPS) is 18.4. The molecule has 0 saturated carbocycles. The summed E-state index contributed by atoms with van der Waals surface area (Å²) in [6.45, 7) is 31.9. The topological polar surface area (TPSA) is 289 Å². The Morgan fingerprint density at radius 3 is 1.52 bits per heavy atom. The zero-order valence-electron chi connectivity index (χ0n) is 62.6. The number of ether oxygens (including phenoxy) is 3. The minimum atomic E-state index is -4.20. The van der Waals surface area contributed by atoms with E-state index in [-0.39, 0.29) is 70.1 Å². The molecule has 6 aliphatic rings. The second kappa shape index (κ2) is 47.3. The molecule has 23 nitrogen and oxygen atoms in total. The van der Waals surface area contributed by atoms with Gasteiger partial charge in [-0.05, 0) is 203 Å². The highest BCUT2D eigenvalue weighted by Gasteiger charge is 2.52. The Hall–Kier alpha value is -6.02. The lowest BCUT2D eigenvalue weighted by atomic mass is 9.76. The number of carbonyl (C=O) groups is 2. The smallest absolute Gasteiger partial charge is 0.399 e. The molecule has 6 aliphatic heterocycles. The zero-order valence-corrected chi connectivity index (χ0v) is 69.7. The van der Waals surface area contributed by atoms with Crippen LogP contribution >= 0.6 is 84.6 Å². The molecule has 0 spiro atoms. The first-order chi connectivity index (χ1) is 49.4. The molecule has 5 atom stereocenters. The molecule has 4 amide bonds. The number of rotatable bonds is 15. The minimum absolute atomic E-state index is 0. The van der Waals surface area contributed by atoms with E-state index >= 15 is 0 Å². The summed E-state index contributed by atoms with van der Waals surface area (Å²) in [7, 11) is -0.556. The summed E-state index contributed by atoms with van der Waals surface area (Å²) < 4.78 is 91.6. The third-order valence-electron chi connectivity index (χ3n) is 17.9. The fourth-order valence-electron chi connectivity index (χ4n) is 11.4. The van der Waals surface area contributed by atoms with Crippen molar-refractivity contribution in [2.45, 2.75) is 150 Å². The van der Waals surface area contributed by atoms with Crippen LogP contribution in [0, 0.1) is 78.7 Å². The number of nitrogens with zero attached hydrogens (tertiary/aromatic N) is 10. The number of morpholine rings is 3. The number of halogens is 8. The molecule has 2 aromatic carbocycles. The molecule has 3 aromatic heterocycles. The fraction of sp³-hybridized carbons (Fsp3) is 0.562. The molecule has 590 valence electrons. The predicted octanol–water partition coefficient (Wildman–Crippen LogP) is 13.7. The van der Waals surface area contributed by atoms with E-state index < -0.39 is 54.8 Å². The van der Waals surface area contributed by atoms with Crippen molar-refractivity contribution in [3.05, 3.63) is 103 Å². The van der Waals surface area contributed by atoms with Crippen LogP contribution in [0.2, 0.25) is 0 Å². The molecule has 0 aliphatic carbocycles. The number of anilines is 6. The number of nitrogens with one attached hydrogen (secondary N) is 5. The first kappa shape index (κ1) is 95.2. The largest absolute Gasteiger partial charge is 0.495 e. The van der Waals surface area contributed by atoms with Gasteiger partial charge in [0, 0.05) is 127 Å². The van der Waals surface area contributed by atoms with Crippen molar-refractivity contribution in [3.63, 3.8) is 0 Å². The van der Waals surface area contributed by atoms with Gasteiger partial charge in [-0.25, -0.2) is 19.6 Å². The van der Waals surface area contributed by atoms with E-state index in [1.54, 1.807) is 12.1 Å². The number of aromatic nitrogens is 3. The van der Waals surface area contributed by atoms with E-state index in [2.05, 4.69) is 107 Å². The molecule has 6 saturated heterocycles. The number of hydrogen-bond acceptors (Lipinski definition) is 19. The standard InChI is InChI=1S/C27H36N6O2.C20H28BF3N2O3.C13H17IN4O.C5H2F2IN.C4H8N2.C4H9NO.ClH.2H2S/c1-4-21-8-10-33(18-21)27(34)30-23-6-5-19(2)24(17-23)22-15-25(29-20(3)7-9-28)31-26(16-22)32-11-13-35-14-12-32;1-13-6-7-15(10-16(13)21-28-18(2,3)19(4,5)29-21)25-17(27)26-9-8-14(12-26)11-20(22,23)24;1-10(2-3-15)16-12-8-11(14)9-13(17-12)18-4-6-19-7-5-18;6-4-1-3(8)2-5(7)9-4;1-4(6)2-3-5;1-3-6-4-2-5-1;;;/h5-6,15-17,20-21H,4,7-8,10-14,18H2,1-3H3,(H,29,31)(H,30,34);6-7,10,14H,8-9,11-12H2,1-5H3,(H,25,27);8-10H,2,4-7H2,1H3,(H,16,17);1-2H;4H,2,6H2,1H3;5H,1-4H2;1H;2*1H2/t20?,21-;14-;;;;;;;/m10......./s1. The van der Waals surface area contributed by atoms with Crippen LogP contribution in [0.25, 0.3) is 11.1 Å². The van der Waals surface area contributed by atoms with Crippen molar-refractivity contribution in [1.82, 2.24) is 30.1 Å². The van der Waals surface area contributed by atoms with E-state index in [0.717, 1.165) is 164 Å². The van der Waals surface area contributed by atoms with Crippen LogP contribution in [0.5, 0.6) is 0 Å². The SMILES string of the molecule is C1COCCN1.CC(CC#N)Nc1cc(I)cc(N2CCOCC2)n1.CC(N)CC#N.CC[C@@H]1CCN(C(=O)Nc2ccc(C)c(-c3cc(NC(C)CC#N)nc(N4CCOCC4)c3)c2)C1.Cc1ccc(NC(=O)N2CC[C@@H](CC(F)(F)F)C2)cc1B1OC(C)(C)C(C)(C)O1.Cl.Fc1cc(I)cc(F)n1.S.S. The number of nitrogens with two attached hydrogens (primary N) is 1. The lowest BCUT2D eigenvalue weighted by Crippen LogP contribution is -2.41. The Labute approximate surface area is 675 Å². The van der Waals surface area contributed by atoms with Crippen LogP contribution in [0.15, 0.2) is 72.8 Å². The van der Waals surface area contributed by atoms with Gasteiger partial charge in [-0.15, -0.1) is 12.4 Å². The monoisotopic (exact) mass is 1780 g/mol. The molecular weight excluding hydrogens is 1670 g/mol. The van der Waals surface area contributed by atoms with Crippen molar-refractivity contribution in [2.75, 3.05) is 136 Å². The number of pyridine rings is 3. The van der Waals surface area contributed by atoms with Gasteiger partial charge in [0.15, 0.2) is 0 Å². The molecule has 9 heterocycles. The van der Waals surface area contributed by atoms with Crippen LogP contribution in [-0.2, 0) is 23.5 Å². The van der Waals surface area contributed by atoms with Gasteiger partial charge in [-0.3, -0.25) is 0 Å². The number of aryl methyl sites for hydroxylation is 2. The molecule has 107 heavy (non-hydrogen) atoms. The average molecular weight is 1780 g/mol. The van der Waals surface area contributed by atoms with Gasteiger partial charge < -0.3 is 75.4 Å². The number of nitriles is 3. The number of alkyl halides is 3. The number of carbonyl (C=O) groups excluding carboxylic acids is 2. The zero-order chi connectivity index (χ0) is 76.2. The lowest BCUT2D eigenvalue weighted by molar-refractivity contribution is -0.143. The summed E-state index contributed by atoms with van der Waals surface area (Å²) in [6.07, 6.45) is -1.19. The first-order valence-electron chi connectivity index (χ1n) is 35.2. The number of urea groups is 2. The van der Waals surface area contributed by atoms with Crippen LogP contribution in [-0.4, -0.2) is 185 Å². The van der Waals surface area contributed by atoms with E-state index in [1.807, 2.05) is 125 Å². The Kier molecular flexibility index (Phi) is 42.0. The molecular formula is C73H105BClF5I2N16O7S2. The van der Waals surface area contributed by atoms with Crippen molar-refractivity contribution in [1.29, 1.82) is 15.8 Å². The van der Waals surface area contributed by atoms with Crippen molar-refractivity contribution < 1.29 is 55.1 Å². The predicted molar refractivity (Wildman–Crippen MR) is 442 cm³/mol. The highest BCUT2D eigenvalue weighted by Crippen LogP contribution is 2.38. The van der Waals surface area contributed by atoms with Gasteiger partial charge in [0.05, 0.1) is 81.9 Å². The second-order valence-electron chi connectivity index (χ2n) is 27.3. The highest BCUT2D eigenvalue weighted by atomic mass is 127. The van der Waals surface area contributed by atoms with Crippen molar-refractivity contribution >= 4 is 144 Å². The number of benzene rings is 2. The highest BCUT2D eigenvalue weighted by molar-refractivity contribution is 14.1. The third-order valence-corrected chi connectivity index (χ3v) is 19.2. The second-order valence-corrected chi connectivity index (χ2v) is 29.7. The Balaban J connectivity index is 0.000000369. The van der Waals surface area contributed by atoms with Gasteiger partial charge in [-0.2, -0.15) is 69.7 Å².